The molecule has 0 fully saturated rings. The molecule has 0 heterocycles. The molecule has 0 radical (unpaired) electrons. The second-order valence-corrected chi connectivity index (χ2v) is 3.38. The van der Waals surface area contributed by atoms with Crippen LogP contribution in [-0.2, 0) is 9.59 Å². The minimum atomic E-state index is -0.615. The molecule has 1 aromatic rings. The Morgan fingerprint density at radius 2 is 2.00 bits per heavy atom. The van der Waals surface area contributed by atoms with E-state index >= 15 is 0 Å². The molecule has 0 unspecified atom stereocenters. The van der Waals surface area contributed by atoms with E-state index < -0.39 is 11.8 Å². The zero-order chi connectivity index (χ0) is 12.7. The third-order valence-corrected chi connectivity index (χ3v) is 2.23. The van der Waals surface area contributed by atoms with Gasteiger partial charge in [0, 0.05) is 18.8 Å². The fraction of sp³-hybridized carbons (Fsp3) is 0.231. The molecule has 1 N–H and O–H groups in total. The smallest absolute Gasteiger partial charge is 0.316 e. The lowest BCUT2D eigenvalue weighted by Crippen LogP contribution is -2.43. The van der Waals surface area contributed by atoms with Gasteiger partial charge >= 0.3 is 11.8 Å². The van der Waals surface area contributed by atoms with Crippen molar-refractivity contribution in [3.63, 3.8) is 0 Å². The van der Waals surface area contributed by atoms with Crippen molar-refractivity contribution in [2.75, 3.05) is 18.0 Å². The summed E-state index contributed by atoms with van der Waals surface area (Å²) in [7, 11) is 0. The second-order valence-electron chi connectivity index (χ2n) is 3.38. The summed E-state index contributed by atoms with van der Waals surface area (Å²) in [5.74, 6) is -1.17. The van der Waals surface area contributed by atoms with Crippen LogP contribution in [0.5, 0.6) is 0 Å². The minimum Gasteiger partial charge on any atom is -0.344 e. The van der Waals surface area contributed by atoms with E-state index in [0.717, 1.165) is 0 Å². The number of amides is 2. The fourth-order valence-corrected chi connectivity index (χ4v) is 1.41. The lowest BCUT2D eigenvalue weighted by Gasteiger charge is -2.19. The molecule has 0 aromatic heterocycles. The maximum atomic E-state index is 11.9. The Labute approximate surface area is 101 Å². The Bertz CT molecular complexity index is 401. The molecular weight excluding hydrogens is 216 g/mol. The fourth-order valence-electron chi connectivity index (χ4n) is 1.41. The number of hydrogen-bond acceptors (Lipinski definition) is 2. The number of anilines is 1. The second kappa shape index (κ2) is 6.48. The standard InChI is InChI=1S/C13H16N2O2/c1-3-10-14-12(16)13(17)15(4-2)11-8-6-5-7-9-11/h3,5-9H,1,4,10H2,2H3,(H,14,16). The molecule has 0 saturated heterocycles. The van der Waals surface area contributed by atoms with Crippen LogP contribution in [0, 0.1) is 0 Å². The minimum absolute atomic E-state index is 0.289. The van der Waals surface area contributed by atoms with E-state index in [1.165, 1.54) is 11.0 Å². The van der Waals surface area contributed by atoms with Gasteiger partial charge in [0.2, 0.25) is 0 Å². The first-order valence-corrected chi connectivity index (χ1v) is 5.46. The number of nitrogens with zero attached hydrogens (tertiary/aromatic N) is 1. The average molecular weight is 232 g/mol. The van der Waals surface area contributed by atoms with Crippen LogP contribution in [-0.4, -0.2) is 24.9 Å². The average Bonchev–Trinajstić information content (AvgIpc) is 2.38. The Morgan fingerprint density at radius 1 is 1.35 bits per heavy atom. The van der Waals surface area contributed by atoms with Crippen molar-refractivity contribution in [3.05, 3.63) is 43.0 Å². The molecule has 0 atom stereocenters. The molecule has 0 spiro atoms. The van der Waals surface area contributed by atoms with Gasteiger partial charge in [-0.3, -0.25) is 9.59 Å². The molecular formula is C13H16N2O2. The SMILES string of the molecule is C=CCNC(=O)C(=O)N(CC)c1ccccc1. The van der Waals surface area contributed by atoms with Crippen molar-refractivity contribution < 1.29 is 9.59 Å². The van der Waals surface area contributed by atoms with Crippen LogP contribution in [0.25, 0.3) is 0 Å². The summed E-state index contributed by atoms with van der Waals surface area (Å²) >= 11 is 0. The monoisotopic (exact) mass is 232 g/mol. The van der Waals surface area contributed by atoms with E-state index in [9.17, 15) is 9.59 Å². The summed E-state index contributed by atoms with van der Waals surface area (Å²) in [5, 5.41) is 2.47. The van der Waals surface area contributed by atoms with E-state index in [1.54, 1.807) is 12.1 Å². The maximum absolute atomic E-state index is 11.9. The van der Waals surface area contributed by atoms with E-state index in [-0.39, 0.29) is 6.54 Å². The largest absolute Gasteiger partial charge is 0.344 e. The first kappa shape index (κ1) is 13.0. The van der Waals surface area contributed by atoms with Crippen LogP contribution in [0.4, 0.5) is 5.69 Å². The number of para-hydroxylation sites is 1. The Balaban J connectivity index is 2.78. The van der Waals surface area contributed by atoms with Gasteiger partial charge < -0.3 is 10.2 Å². The van der Waals surface area contributed by atoms with Crippen LogP contribution < -0.4 is 10.2 Å². The van der Waals surface area contributed by atoms with Crippen LogP contribution >= 0.6 is 0 Å². The first-order chi connectivity index (χ1) is 8.20. The molecule has 1 rings (SSSR count). The van der Waals surface area contributed by atoms with Crippen molar-refractivity contribution >= 4 is 17.5 Å². The lowest BCUT2D eigenvalue weighted by molar-refractivity contribution is -0.137. The Morgan fingerprint density at radius 3 is 2.53 bits per heavy atom. The number of nitrogens with one attached hydrogen (secondary N) is 1. The van der Waals surface area contributed by atoms with Crippen molar-refractivity contribution in [2.24, 2.45) is 0 Å². The van der Waals surface area contributed by atoms with E-state index in [2.05, 4.69) is 11.9 Å². The van der Waals surface area contributed by atoms with Gasteiger partial charge in [0.1, 0.15) is 0 Å². The topological polar surface area (TPSA) is 49.4 Å². The number of benzene rings is 1. The van der Waals surface area contributed by atoms with Gasteiger partial charge in [0.15, 0.2) is 0 Å². The van der Waals surface area contributed by atoms with Gasteiger partial charge in [-0.05, 0) is 19.1 Å². The molecule has 17 heavy (non-hydrogen) atoms. The predicted molar refractivity (Wildman–Crippen MR) is 67.7 cm³/mol. The third kappa shape index (κ3) is 3.45. The van der Waals surface area contributed by atoms with Crippen molar-refractivity contribution in [2.45, 2.75) is 6.92 Å². The summed E-state index contributed by atoms with van der Waals surface area (Å²) in [5.41, 5.74) is 0.716. The maximum Gasteiger partial charge on any atom is 0.316 e. The van der Waals surface area contributed by atoms with Crippen LogP contribution in [0.3, 0.4) is 0 Å². The summed E-state index contributed by atoms with van der Waals surface area (Å²) in [4.78, 5) is 24.8. The molecule has 0 aliphatic rings. The quantitative estimate of drug-likeness (QED) is 0.629. The number of carbonyl (C=O) groups is 2. The molecule has 0 bridgehead atoms. The highest BCUT2D eigenvalue weighted by molar-refractivity contribution is 6.40. The van der Waals surface area contributed by atoms with Gasteiger partial charge in [0.05, 0.1) is 0 Å². The van der Waals surface area contributed by atoms with Gasteiger partial charge in [-0.2, -0.15) is 0 Å². The molecule has 90 valence electrons. The van der Waals surface area contributed by atoms with Crippen LogP contribution in [0.1, 0.15) is 6.92 Å². The van der Waals surface area contributed by atoms with E-state index in [4.69, 9.17) is 0 Å². The number of likely N-dealkylation sites (N-methyl/N-ethyl adjacent to an activating group) is 1. The predicted octanol–water partition coefficient (Wildman–Crippen LogP) is 1.34. The zero-order valence-electron chi connectivity index (χ0n) is 9.85. The summed E-state index contributed by atoms with van der Waals surface area (Å²) < 4.78 is 0. The van der Waals surface area contributed by atoms with Crippen LogP contribution in [0.2, 0.25) is 0 Å². The molecule has 4 nitrogen and oxygen atoms in total. The highest BCUT2D eigenvalue weighted by atomic mass is 16.2. The third-order valence-electron chi connectivity index (χ3n) is 2.23. The number of hydrogen-bond donors (Lipinski definition) is 1. The zero-order valence-corrected chi connectivity index (χ0v) is 9.85. The summed E-state index contributed by atoms with van der Waals surface area (Å²) in [6.45, 7) is 6.04. The van der Waals surface area contributed by atoms with Gasteiger partial charge in [-0.1, -0.05) is 24.3 Å². The Kier molecular flexibility index (Phi) is 4.94. The molecule has 1 aromatic carbocycles. The summed E-state index contributed by atoms with van der Waals surface area (Å²) in [6.07, 6.45) is 1.53. The molecule has 4 heteroatoms. The van der Waals surface area contributed by atoms with Gasteiger partial charge in [-0.25, -0.2) is 0 Å². The number of carbonyl (C=O) groups excluding carboxylic acids is 2. The first-order valence-electron chi connectivity index (χ1n) is 5.46. The van der Waals surface area contributed by atoms with E-state index in [1.807, 2.05) is 25.1 Å². The highest BCUT2D eigenvalue weighted by Crippen LogP contribution is 2.12. The normalized spacial score (nSPS) is 9.47. The Hall–Kier alpha value is -2.10. The summed E-state index contributed by atoms with van der Waals surface area (Å²) in [6, 6.07) is 9.10. The van der Waals surface area contributed by atoms with E-state index in [0.29, 0.717) is 12.2 Å². The molecule has 0 aliphatic carbocycles. The molecule has 0 saturated carbocycles. The lowest BCUT2D eigenvalue weighted by atomic mass is 10.3. The van der Waals surface area contributed by atoms with Crippen molar-refractivity contribution in [1.82, 2.24) is 5.32 Å². The highest BCUT2D eigenvalue weighted by Gasteiger charge is 2.20. The van der Waals surface area contributed by atoms with Crippen molar-refractivity contribution in [3.8, 4) is 0 Å². The molecule has 2 amide bonds. The molecule has 0 aliphatic heterocycles. The van der Waals surface area contributed by atoms with Gasteiger partial charge in [0.25, 0.3) is 0 Å². The van der Waals surface area contributed by atoms with Gasteiger partial charge in [-0.15, -0.1) is 6.58 Å². The van der Waals surface area contributed by atoms with Crippen LogP contribution in [0.15, 0.2) is 43.0 Å². The van der Waals surface area contributed by atoms with Crippen molar-refractivity contribution in [1.29, 1.82) is 0 Å². The number of rotatable bonds is 4.